The second-order valence-electron chi connectivity index (χ2n) is 3.45. The van der Waals surface area contributed by atoms with E-state index >= 15 is 0 Å². The van der Waals surface area contributed by atoms with E-state index in [4.69, 9.17) is 11.6 Å². The number of carbonyl (C=O) groups excluding carboxylic acids is 1. The molecule has 2 aromatic rings. The number of halogens is 3. The molecule has 4 heteroatoms. The van der Waals surface area contributed by atoms with Gasteiger partial charge in [-0.1, -0.05) is 41.9 Å². The lowest BCUT2D eigenvalue weighted by atomic mass is 10.0. The third-order valence-corrected chi connectivity index (χ3v) is 3.52. The zero-order valence-electron chi connectivity index (χ0n) is 8.58. The fourth-order valence-corrected chi connectivity index (χ4v) is 1.99. The number of hydrogen-bond donors (Lipinski definition) is 0. The molecule has 0 atom stereocenters. The summed E-state index contributed by atoms with van der Waals surface area (Å²) in [5.41, 5.74) is 0.783. The highest BCUT2D eigenvalue weighted by atomic mass is 79.9. The van der Waals surface area contributed by atoms with Gasteiger partial charge in [-0.25, -0.2) is 4.39 Å². The highest BCUT2D eigenvalue weighted by Gasteiger charge is 2.13. The molecule has 0 aliphatic rings. The summed E-state index contributed by atoms with van der Waals surface area (Å²) in [6.07, 6.45) is 0. The first-order valence-electron chi connectivity index (χ1n) is 4.84. The Morgan fingerprint density at radius 3 is 2.35 bits per heavy atom. The predicted octanol–water partition coefficient (Wildman–Crippen LogP) is 4.47. The SMILES string of the molecule is O=C(c1ccccc1)c1cc(F)c(Cl)c(Br)c1. The van der Waals surface area contributed by atoms with E-state index in [0.29, 0.717) is 10.0 Å². The molecule has 0 saturated heterocycles. The van der Waals surface area contributed by atoms with Gasteiger partial charge in [-0.05, 0) is 28.1 Å². The highest BCUT2D eigenvalue weighted by molar-refractivity contribution is 9.10. The summed E-state index contributed by atoms with van der Waals surface area (Å²) in [6, 6.07) is 11.4. The normalized spacial score (nSPS) is 10.3. The number of hydrogen-bond acceptors (Lipinski definition) is 1. The van der Waals surface area contributed by atoms with Crippen LogP contribution < -0.4 is 0 Å². The second kappa shape index (κ2) is 4.98. The van der Waals surface area contributed by atoms with Gasteiger partial charge in [0.15, 0.2) is 5.78 Å². The minimum absolute atomic E-state index is 0.0189. The van der Waals surface area contributed by atoms with Crippen molar-refractivity contribution >= 4 is 33.3 Å². The molecule has 0 radical (unpaired) electrons. The Kier molecular flexibility index (Phi) is 3.60. The molecule has 2 rings (SSSR count). The molecule has 0 aliphatic heterocycles. The average molecular weight is 314 g/mol. The van der Waals surface area contributed by atoms with Crippen molar-refractivity contribution in [3.05, 3.63) is 68.9 Å². The van der Waals surface area contributed by atoms with Gasteiger partial charge in [0.25, 0.3) is 0 Å². The summed E-state index contributed by atoms with van der Waals surface area (Å²) in [6.45, 7) is 0. The summed E-state index contributed by atoms with van der Waals surface area (Å²) >= 11 is 8.78. The molecule has 0 aliphatic carbocycles. The molecule has 0 N–H and O–H groups in total. The van der Waals surface area contributed by atoms with Crippen LogP contribution in [0.4, 0.5) is 4.39 Å². The lowest BCUT2D eigenvalue weighted by Crippen LogP contribution is -2.02. The van der Waals surface area contributed by atoms with E-state index < -0.39 is 5.82 Å². The van der Waals surface area contributed by atoms with Crippen LogP contribution in [-0.4, -0.2) is 5.78 Å². The Balaban J connectivity index is 2.45. The van der Waals surface area contributed by atoms with E-state index in [1.807, 2.05) is 6.07 Å². The fourth-order valence-electron chi connectivity index (χ4n) is 1.44. The molecule has 86 valence electrons. The van der Waals surface area contributed by atoms with Crippen LogP contribution in [0.15, 0.2) is 46.9 Å². The molecule has 0 bridgehead atoms. The van der Waals surface area contributed by atoms with Crippen LogP contribution in [0.25, 0.3) is 0 Å². The second-order valence-corrected chi connectivity index (χ2v) is 4.68. The van der Waals surface area contributed by atoms with Crippen LogP contribution in [0, 0.1) is 5.82 Å². The maximum absolute atomic E-state index is 13.4. The van der Waals surface area contributed by atoms with Crippen LogP contribution in [0.3, 0.4) is 0 Å². The van der Waals surface area contributed by atoms with E-state index in [1.165, 1.54) is 6.07 Å². The van der Waals surface area contributed by atoms with E-state index in [-0.39, 0.29) is 16.4 Å². The summed E-state index contributed by atoms with van der Waals surface area (Å²) in [5.74, 6) is -0.845. The highest BCUT2D eigenvalue weighted by Crippen LogP contribution is 2.27. The molecule has 0 fully saturated rings. The van der Waals surface area contributed by atoms with Crippen LogP contribution >= 0.6 is 27.5 Å². The monoisotopic (exact) mass is 312 g/mol. The van der Waals surface area contributed by atoms with E-state index in [2.05, 4.69) is 15.9 Å². The van der Waals surface area contributed by atoms with E-state index in [0.717, 1.165) is 6.07 Å². The number of rotatable bonds is 2. The molecule has 0 unspecified atom stereocenters. The average Bonchev–Trinajstić information content (AvgIpc) is 2.35. The molecule has 0 saturated carbocycles. The third-order valence-electron chi connectivity index (χ3n) is 2.28. The van der Waals surface area contributed by atoms with E-state index in [1.54, 1.807) is 24.3 Å². The van der Waals surface area contributed by atoms with Crippen molar-refractivity contribution in [1.29, 1.82) is 0 Å². The molecule has 2 aromatic carbocycles. The molecule has 1 nitrogen and oxygen atoms in total. The van der Waals surface area contributed by atoms with Crippen molar-refractivity contribution in [2.45, 2.75) is 0 Å². The van der Waals surface area contributed by atoms with Crippen molar-refractivity contribution in [3.8, 4) is 0 Å². The Bertz CT molecular complexity index is 546. The summed E-state index contributed by atoms with van der Waals surface area (Å²) < 4.78 is 13.8. The zero-order chi connectivity index (χ0) is 12.4. The van der Waals surface area contributed by atoms with Crippen molar-refractivity contribution < 1.29 is 9.18 Å². The van der Waals surface area contributed by atoms with Gasteiger partial charge >= 0.3 is 0 Å². The quantitative estimate of drug-likeness (QED) is 0.590. The first-order chi connectivity index (χ1) is 8.09. The number of ketones is 1. The Morgan fingerprint density at radius 1 is 1.12 bits per heavy atom. The number of carbonyl (C=O) groups is 1. The smallest absolute Gasteiger partial charge is 0.193 e. The third kappa shape index (κ3) is 2.56. The predicted molar refractivity (Wildman–Crippen MR) is 69.0 cm³/mol. The molecular formula is C13H7BrClFO. The Labute approximate surface area is 111 Å². The van der Waals surface area contributed by atoms with Gasteiger partial charge in [-0.3, -0.25) is 4.79 Å². The molecule has 0 spiro atoms. The minimum atomic E-state index is -0.611. The van der Waals surface area contributed by atoms with Gasteiger partial charge in [-0.2, -0.15) is 0 Å². The molecule has 17 heavy (non-hydrogen) atoms. The largest absolute Gasteiger partial charge is 0.289 e. The van der Waals surface area contributed by atoms with Gasteiger partial charge in [-0.15, -0.1) is 0 Å². The van der Waals surface area contributed by atoms with Crippen LogP contribution in [0.5, 0.6) is 0 Å². The molecule has 0 aromatic heterocycles. The first-order valence-corrected chi connectivity index (χ1v) is 6.01. The van der Waals surface area contributed by atoms with Gasteiger partial charge in [0.05, 0.1) is 5.02 Å². The molecule has 0 amide bonds. The standard InChI is InChI=1S/C13H7BrClFO/c14-10-6-9(7-11(16)12(10)15)13(17)8-4-2-1-3-5-8/h1-7H. The Morgan fingerprint density at radius 2 is 1.76 bits per heavy atom. The van der Waals surface area contributed by atoms with Crippen molar-refractivity contribution in [2.75, 3.05) is 0 Å². The van der Waals surface area contributed by atoms with Crippen molar-refractivity contribution in [2.24, 2.45) is 0 Å². The first kappa shape index (κ1) is 12.3. The lowest BCUT2D eigenvalue weighted by molar-refractivity contribution is 0.103. The van der Waals surface area contributed by atoms with Gasteiger partial charge in [0, 0.05) is 15.6 Å². The van der Waals surface area contributed by atoms with Crippen molar-refractivity contribution in [1.82, 2.24) is 0 Å². The molecule has 0 heterocycles. The maximum atomic E-state index is 13.4. The summed E-state index contributed by atoms with van der Waals surface area (Å²) in [5, 5.41) is -0.0189. The van der Waals surface area contributed by atoms with Gasteiger partial charge in [0.2, 0.25) is 0 Å². The van der Waals surface area contributed by atoms with Gasteiger partial charge < -0.3 is 0 Å². The maximum Gasteiger partial charge on any atom is 0.193 e. The number of benzene rings is 2. The topological polar surface area (TPSA) is 17.1 Å². The lowest BCUT2D eigenvalue weighted by Gasteiger charge is -2.04. The summed E-state index contributed by atoms with van der Waals surface area (Å²) in [7, 11) is 0. The zero-order valence-corrected chi connectivity index (χ0v) is 10.9. The summed E-state index contributed by atoms with van der Waals surface area (Å²) in [4.78, 5) is 12.0. The van der Waals surface area contributed by atoms with E-state index in [9.17, 15) is 9.18 Å². The fraction of sp³-hybridized carbons (Fsp3) is 0. The van der Waals surface area contributed by atoms with Gasteiger partial charge in [0.1, 0.15) is 5.82 Å². The Hall–Kier alpha value is -1.19. The minimum Gasteiger partial charge on any atom is -0.289 e. The van der Waals surface area contributed by atoms with Crippen LogP contribution in [0.1, 0.15) is 15.9 Å². The van der Waals surface area contributed by atoms with Crippen LogP contribution in [-0.2, 0) is 0 Å². The van der Waals surface area contributed by atoms with Crippen molar-refractivity contribution in [3.63, 3.8) is 0 Å². The molecular weight excluding hydrogens is 306 g/mol. The van der Waals surface area contributed by atoms with Crippen LogP contribution in [0.2, 0.25) is 5.02 Å².